The number of ether oxygens (including phenoxy) is 1. The number of aryl methyl sites for hydroxylation is 1. The highest BCUT2D eigenvalue weighted by molar-refractivity contribution is 6.08. The zero-order valence-corrected chi connectivity index (χ0v) is 12.1. The van der Waals surface area contributed by atoms with E-state index in [1.807, 2.05) is 61.5 Å². The van der Waals surface area contributed by atoms with E-state index in [9.17, 15) is 4.79 Å². The largest absolute Gasteiger partial charge is 0.475 e. The second-order valence-electron chi connectivity index (χ2n) is 5.57. The van der Waals surface area contributed by atoms with Gasteiger partial charge in [-0.3, -0.25) is 4.79 Å². The van der Waals surface area contributed by atoms with E-state index < -0.39 is 5.60 Å². The van der Waals surface area contributed by atoms with Gasteiger partial charge in [-0.15, -0.1) is 0 Å². The molecule has 1 fully saturated rings. The van der Waals surface area contributed by atoms with Crippen LogP contribution in [0.3, 0.4) is 0 Å². The molecule has 0 saturated carbocycles. The summed E-state index contributed by atoms with van der Waals surface area (Å²) in [5.74, 6) is 0.569. The number of rotatable bonds is 4. The molecule has 1 unspecified atom stereocenters. The first-order valence-corrected chi connectivity index (χ1v) is 7.22. The fourth-order valence-electron chi connectivity index (χ4n) is 2.54. The third-order valence-corrected chi connectivity index (χ3v) is 3.87. The molecule has 1 aliphatic rings. The lowest BCUT2D eigenvalue weighted by Crippen LogP contribution is -2.50. The third kappa shape index (κ3) is 2.89. The maximum absolute atomic E-state index is 12.3. The van der Waals surface area contributed by atoms with Gasteiger partial charge in [0.25, 0.3) is 0 Å². The van der Waals surface area contributed by atoms with Crippen LogP contribution in [0, 0.1) is 0 Å². The number of ketones is 1. The van der Waals surface area contributed by atoms with Gasteiger partial charge < -0.3 is 4.74 Å². The number of Topliss-reactive ketones (excluding diaryl/α,β-unsaturated/α-hetero) is 1. The molecule has 21 heavy (non-hydrogen) atoms. The summed E-state index contributed by atoms with van der Waals surface area (Å²) in [7, 11) is 0. The molecule has 0 radical (unpaired) electrons. The van der Waals surface area contributed by atoms with Crippen LogP contribution < -0.4 is 0 Å². The first kappa shape index (κ1) is 13.6. The average molecular weight is 278 g/mol. The zero-order valence-electron chi connectivity index (χ0n) is 12.1. The Labute approximate surface area is 125 Å². The van der Waals surface area contributed by atoms with Crippen molar-refractivity contribution in [2.24, 2.45) is 0 Å². The molecule has 2 aromatic rings. The molecule has 1 atom stereocenters. The minimum atomic E-state index is -0.670. The van der Waals surface area contributed by atoms with Gasteiger partial charge in [0.15, 0.2) is 11.4 Å². The van der Waals surface area contributed by atoms with Crippen molar-refractivity contribution >= 4 is 11.9 Å². The molecule has 1 aliphatic heterocycles. The van der Waals surface area contributed by atoms with E-state index in [0.717, 1.165) is 12.0 Å². The number of hydrogen-bond donors (Lipinski definition) is 0. The molecule has 2 aromatic carbocycles. The van der Waals surface area contributed by atoms with Gasteiger partial charge in [-0.25, -0.2) is 0 Å². The Kier molecular flexibility index (Phi) is 3.61. The second kappa shape index (κ2) is 5.57. The fraction of sp³-hybridized carbons (Fsp3) is 0.211. The Morgan fingerprint density at radius 2 is 1.62 bits per heavy atom. The van der Waals surface area contributed by atoms with E-state index in [4.69, 9.17) is 4.74 Å². The first-order chi connectivity index (χ1) is 10.2. The van der Waals surface area contributed by atoms with Crippen molar-refractivity contribution in [3.8, 4) is 0 Å². The van der Waals surface area contributed by atoms with Crippen molar-refractivity contribution in [1.82, 2.24) is 0 Å². The zero-order chi connectivity index (χ0) is 14.7. The van der Waals surface area contributed by atoms with E-state index in [1.165, 1.54) is 5.56 Å². The smallest absolute Gasteiger partial charge is 0.240 e. The van der Waals surface area contributed by atoms with Gasteiger partial charge in [0.1, 0.15) is 0 Å². The van der Waals surface area contributed by atoms with Gasteiger partial charge in [-0.1, -0.05) is 60.7 Å². The molecule has 1 saturated heterocycles. The van der Waals surface area contributed by atoms with Crippen molar-refractivity contribution in [2.45, 2.75) is 25.4 Å². The quantitative estimate of drug-likeness (QED) is 0.790. The van der Waals surface area contributed by atoms with Crippen molar-refractivity contribution in [3.05, 3.63) is 77.5 Å². The summed E-state index contributed by atoms with van der Waals surface area (Å²) in [6.45, 7) is 1.88. The molecule has 0 N–H and O–H groups in total. The van der Waals surface area contributed by atoms with Gasteiger partial charge in [0.05, 0.1) is 0 Å². The second-order valence-corrected chi connectivity index (χ2v) is 5.57. The van der Waals surface area contributed by atoms with E-state index in [-0.39, 0.29) is 5.78 Å². The van der Waals surface area contributed by atoms with Crippen LogP contribution in [0.15, 0.2) is 66.4 Å². The lowest BCUT2D eigenvalue weighted by Gasteiger charge is -2.39. The topological polar surface area (TPSA) is 26.3 Å². The van der Waals surface area contributed by atoms with Gasteiger partial charge in [-0.2, -0.15) is 0 Å². The Morgan fingerprint density at radius 3 is 2.24 bits per heavy atom. The van der Waals surface area contributed by atoms with Gasteiger partial charge in [0, 0.05) is 0 Å². The van der Waals surface area contributed by atoms with E-state index in [2.05, 4.69) is 12.1 Å². The summed E-state index contributed by atoms with van der Waals surface area (Å²) in [4.78, 5) is 12.3. The lowest BCUT2D eigenvalue weighted by molar-refractivity contribution is -0.158. The monoisotopic (exact) mass is 278 g/mol. The number of carbonyl (C=O) groups is 1. The molecule has 2 heteroatoms. The van der Waals surface area contributed by atoms with Crippen molar-refractivity contribution < 1.29 is 9.53 Å². The van der Waals surface area contributed by atoms with Crippen LogP contribution in [0.1, 0.15) is 24.5 Å². The Hall–Kier alpha value is -2.35. The molecule has 3 rings (SSSR count). The van der Waals surface area contributed by atoms with E-state index >= 15 is 0 Å². The third-order valence-electron chi connectivity index (χ3n) is 3.87. The maximum Gasteiger partial charge on any atom is 0.240 e. The molecular formula is C19H18O2. The van der Waals surface area contributed by atoms with Crippen LogP contribution in [0.2, 0.25) is 0 Å². The summed E-state index contributed by atoms with van der Waals surface area (Å²) in [5, 5.41) is 0. The van der Waals surface area contributed by atoms with Crippen LogP contribution >= 0.6 is 0 Å². The summed E-state index contributed by atoms with van der Waals surface area (Å²) < 4.78 is 5.78. The highest BCUT2D eigenvalue weighted by atomic mass is 16.5. The molecule has 106 valence electrons. The van der Waals surface area contributed by atoms with Gasteiger partial charge in [0.2, 0.25) is 5.78 Å². The Morgan fingerprint density at radius 1 is 1.00 bits per heavy atom. The van der Waals surface area contributed by atoms with Crippen LogP contribution in [0.25, 0.3) is 6.08 Å². The van der Waals surface area contributed by atoms with E-state index in [1.54, 1.807) is 0 Å². The molecule has 0 aromatic heterocycles. The standard InChI is InChI=1S/C19H18O2/c1-19(13-12-15-8-4-2-5-9-15)18(20)17(21-19)14-16-10-6-3-7-11-16/h2-11,14H,12-13H2,1H3/b17-14-. The van der Waals surface area contributed by atoms with Crippen LogP contribution in [-0.2, 0) is 16.0 Å². The molecule has 0 aliphatic carbocycles. The fourth-order valence-corrected chi connectivity index (χ4v) is 2.54. The predicted molar refractivity (Wildman–Crippen MR) is 83.7 cm³/mol. The van der Waals surface area contributed by atoms with Crippen molar-refractivity contribution in [3.63, 3.8) is 0 Å². The Balaban J connectivity index is 1.64. The molecule has 0 bridgehead atoms. The highest BCUT2D eigenvalue weighted by Crippen LogP contribution is 2.36. The first-order valence-electron chi connectivity index (χ1n) is 7.22. The van der Waals surface area contributed by atoms with Crippen molar-refractivity contribution in [2.75, 3.05) is 0 Å². The summed E-state index contributed by atoms with van der Waals surface area (Å²) >= 11 is 0. The van der Waals surface area contributed by atoms with Crippen LogP contribution in [0.5, 0.6) is 0 Å². The summed E-state index contributed by atoms with van der Waals surface area (Å²) in [6, 6.07) is 20.0. The predicted octanol–water partition coefficient (Wildman–Crippen LogP) is 4.02. The minimum absolute atomic E-state index is 0.0993. The summed E-state index contributed by atoms with van der Waals surface area (Å²) in [6.07, 6.45) is 3.37. The number of carbonyl (C=O) groups excluding carboxylic acids is 1. The maximum atomic E-state index is 12.3. The highest BCUT2D eigenvalue weighted by Gasteiger charge is 2.48. The van der Waals surface area contributed by atoms with Gasteiger partial charge >= 0.3 is 0 Å². The average Bonchev–Trinajstić information content (AvgIpc) is 2.54. The SMILES string of the molecule is CC1(CCc2ccccc2)O/C(=C\c2ccccc2)C1=O. The van der Waals surface area contributed by atoms with Crippen LogP contribution in [0.4, 0.5) is 0 Å². The Bertz CT molecular complexity index is 658. The molecule has 2 nitrogen and oxygen atoms in total. The van der Waals surface area contributed by atoms with Gasteiger partial charge in [-0.05, 0) is 37.0 Å². The molecule has 1 heterocycles. The number of hydrogen-bond acceptors (Lipinski definition) is 2. The number of benzene rings is 2. The molecule has 0 amide bonds. The normalized spacial score (nSPS) is 22.7. The van der Waals surface area contributed by atoms with Crippen LogP contribution in [-0.4, -0.2) is 11.4 Å². The molecular weight excluding hydrogens is 260 g/mol. The minimum Gasteiger partial charge on any atom is -0.475 e. The summed E-state index contributed by atoms with van der Waals surface area (Å²) in [5.41, 5.74) is 1.55. The van der Waals surface area contributed by atoms with E-state index in [0.29, 0.717) is 12.2 Å². The lowest BCUT2D eigenvalue weighted by atomic mass is 9.86. The molecule has 0 spiro atoms. The van der Waals surface area contributed by atoms with Crippen molar-refractivity contribution in [1.29, 1.82) is 0 Å².